The number of halogens is 1. The van der Waals surface area contributed by atoms with Gasteiger partial charge in [-0.15, -0.1) is 11.6 Å². The third-order valence-corrected chi connectivity index (χ3v) is 3.37. The minimum atomic E-state index is -0.0422. The van der Waals surface area contributed by atoms with Crippen LogP contribution >= 0.6 is 11.6 Å². The summed E-state index contributed by atoms with van der Waals surface area (Å²) >= 11 is 5.49. The van der Waals surface area contributed by atoms with Crippen molar-refractivity contribution in [1.29, 1.82) is 0 Å². The van der Waals surface area contributed by atoms with Crippen LogP contribution in [0, 0.1) is 11.8 Å². The second kappa shape index (κ2) is 6.26. The van der Waals surface area contributed by atoms with E-state index in [0.717, 1.165) is 0 Å². The molecule has 0 saturated carbocycles. The van der Waals surface area contributed by atoms with Gasteiger partial charge in [0.25, 0.3) is 0 Å². The summed E-state index contributed by atoms with van der Waals surface area (Å²) in [4.78, 5) is 11.9. The highest BCUT2D eigenvalue weighted by atomic mass is 35.5. The predicted octanol–water partition coefficient (Wildman–Crippen LogP) is 1.96. The van der Waals surface area contributed by atoms with E-state index in [4.69, 9.17) is 16.3 Å². The zero-order valence-electron chi connectivity index (χ0n) is 10.1. The lowest BCUT2D eigenvalue weighted by molar-refractivity contribution is -0.126. The van der Waals surface area contributed by atoms with Gasteiger partial charge in [-0.25, -0.2) is 0 Å². The molecular formula is C12H20ClNO2. The first-order chi connectivity index (χ1) is 7.57. The lowest BCUT2D eigenvalue weighted by Gasteiger charge is -2.17. The van der Waals surface area contributed by atoms with Crippen molar-refractivity contribution in [3.8, 4) is 0 Å². The van der Waals surface area contributed by atoms with Crippen LogP contribution in [0.3, 0.4) is 0 Å². The van der Waals surface area contributed by atoms with Crippen molar-refractivity contribution in [3.63, 3.8) is 0 Å². The standard InChI is InChI=1S/C12H20ClNO2/c1-8-9(2)16-10(3)11(8)12(15)14-7-5-4-6-13/h4-5,8-11H,6-7H2,1-3H3,(H,14,15)/b5-4+. The number of carbonyl (C=O) groups is 1. The van der Waals surface area contributed by atoms with Gasteiger partial charge in [0.1, 0.15) is 0 Å². The van der Waals surface area contributed by atoms with E-state index in [2.05, 4.69) is 12.2 Å². The van der Waals surface area contributed by atoms with Gasteiger partial charge in [-0.3, -0.25) is 4.79 Å². The van der Waals surface area contributed by atoms with Gasteiger partial charge in [0, 0.05) is 12.4 Å². The molecule has 92 valence electrons. The second-order valence-electron chi connectivity index (χ2n) is 4.30. The Morgan fingerprint density at radius 1 is 1.31 bits per heavy atom. The molecule has 1 amide bonds. The van der Waals surface area contributed by atoms with Crippen LogP contribution in [0.1, 0.15) is 20.8 Å². The van der Waals surface area contributed by atoms with Crippen molar-refractivity contribution >= 4 is 17.5 Å². The normalized spacial score (nSPS) is 34.5. The minimum Gasteiger partial charge on any atom is -0.374 e. The van der Waals surface area contributed by atoms with E-state index in [1.54, 1.807) is 0 Å². The number of nitrogens with one attached hydrogen (secondary N) is 1. The molecule has 1 heterocycles. The zero-order valence-corrected chi connectivity index (χ0v) is 10.8. The first-order valence-corrected chi connectivity index (χ1v) is 6.25. The van der Waals surface area contributed by atoms with Gasteiger partial charge >= 0.3 is 0 Å². The number of carbonyl (C=O) groups excluding carboxylic acids is 1. The highest BCUT2D eigenvalue weighted by Gasteiger charge is 2.41. The van der Waals surface area contributed by atoms with Crippen LogP contribution in [-0.4, -0.2) is 30.5 Å². The van der Waals surface area contributed by atoms with Crippen LogP contribution in [0.25, 0.3) is 0 Å². The summed E-state index contributed by atoms with van der Waals surface area (Å²) in [6.45, 7) is 6.57. The molecule has 0 radical (unpaired) electrons. The Balaban J connectivity index is 2.44. The largest absolute Gasteiger partial charge is 0.374 e. The Morgan fingerprint density at radius 3 is 2.50 bits per heavy atom. The molecule has 4 atom stereocenters. The quantitative estimate of drug-likeness (QED) is 0.608. The first-order valence-electron chi connectivity index (χ1n) is 5.72. The summed E-state index contributed by atoms with van der Waals surface area (Å²) in [5, 5.41) is 2.88. The molecule has 4 heteroatoms. The van der Waals surface area contributed by atoms with Crippen molar-refractivity contribution in [3.05, 3.63) is 12.2 Å². The molecule has 1 N–H and O–H groups in total. The summed E-state index contributed by atoms with van der Waals surface area (Å²) in [5.41, 5.74) is 0. The number of rotatable bonds is 4. The SMILES string of the molecule is CC1OC(C)C(C(=O)NC/C=C/CCl)C1C. The number of amides is 1. The van der Waals surface area contributed by atoms with Crippen LogP contribution in [0.2, 0.25) is 0 Å². The number of hydrogen-bond donors (Lipinski definition) is 1. The monoisotopic (exact) mass is 245 g/mol. The Hall–Kier alpha value is -0.540. The lowest BCUT2D eigenvalue weighted by atomic mass is 9.89. The topological polar surface area (TPSA) is 38.3 Å². The molecular weight excluding hydrogens is 226 g/mol. The molecule has 1 aliphatic rings. The molecule has 0 bridgehead atoms. The molecule has 1 rings (SSSR count). The molecule has 0 aromatic rings. The highest BCUT2D eigenvalue weighted by Crippen LogP contribution is 2.31. The van der Waals surface area contributed by atoms with Crippen molar-refractivity contribution < 1.29 is 9.53 Å². The smallest absolute Gasteiger partial charge is 0.226 e. The molecule has 1 saturated heterocycles. The maximum Gasteiger partial charge on any atom is 0.226 e. The second-order valence-corrected chi connectivity index (χ2v) is 4.61. The van der Waals surface area contributed by atoms with Crippen LogP contribution < -0.4 is 5.32 Å². The van der Waals surface area contributed by atoms with Crippen molar-refractivity contribution in [1.82, 2.24) is 5.32 Å². The Morgan fingerprint density at radius 2 is 2.00 bits per heavy atom. The number of allylic oxidation sites excluding steroid dienone is 1. The van der Waals surface area contributed by atoms with E-state index in [9.17, 15) is 4.79 Å². The van der Waals surface area contributed by atoms with Crippen LogP contribution in [0.5, 0.6) is 0 Å². The first kappa shape index (κ1) is 13.5. The third-order valence-electron chi connectivity index (χ3n) is 3.19. The Labute approximate surface area is 102 Å². The number of alkyl halides is 1. The highest BCUT2D eigenvalue weighted by molar-refractivity contribution is 6.18. The molecule has 3 nitrogen and oxygen atoms in total. The molecule has 0 spiro atoms. The van der Waals surface area contributed by atoms with Gasteiger partial charge in [0.2, 0.25) is 5.91 Å². The molecule has 1 fully saturated rings. The summed E-state index contributed by atoms with van der Waals surface area (Å²) in [5.74, 6) is 0.779. The molecule has 0 aromatic carbocycles. The van der Waals surface area contributed by atoms with E-state index < -0.39 is 0 Å². The van der Waals surface area contributed by atoms with Crippen LogP contribution in [0.15, 0.2) is 12.2 Å². The Bertz CT molecular complexity index is 268. The molecule has 1 aliphatic heterocycles. The average molecular weight is 246 g/mol. The fourth-order valence-corrected chi connectivity index (χ4v) is 2.27. The summed E-state index contributed by atoms with van der Waals surface area (Å²) in [6.07, 6.45) is 3.84. The maximum atomic E-state index is 11.9. The number of hydrogen-bond acceptors (Lipinski definition) is 2. The summed E-state index contributed by atoms with van der Waals surface area (Å²) in [7, 11) is 0. The third kappa shape index (κ3) is 3.22. The maximum absolute atomic E-state index is 11.9. The van der Waals surface area contributed by atoms with Crippen molar-refractivity contribution in [2.75, 3.05) is 12.4 Å². The van der Waals surface area contributed by atoms with Gasteiger partial charge in [-0.05, 0) is 19.8 Å². The fraction of sp³-hybridized carbons (Fsp3) is 0.750. The Kier molecular flexibility index (Phi) is 5.29. The van der Waals surface area contributed by atoms with E-state index in [1.807, 2.05) is 26.0 Å². The van der Waals surface area contributed by atoms with Gasteiger partial charge in [0.05, 0.1) is 18.1 Å². The number of ether oxygens (including phenoxy) is 1. The van der Waals surface area contributed by atoms with E-state index in [1.165, 1.54) is 0 Å². The van der Waals surface area contributed by atoms with Gasteiger partial charge in [-0.1, -0.05) is 19.1 Å². The van der Waals surface area contributed by atoms with Crippen molar-refractivity contribution in [2.45, 2.75) is 33.0 Å². The van der Waals surface area contributed by atoms with Crippen LogP contribution in [-0.2, 0) is 9.53 Å². The lowest BCUT2D eigenvalue weighted by Crippen LogP contribution is -2.37. The predicted molar refractivity (Wildman–Crippen MR) is 65.5 cm³/mol. The van der Waals surface area contributed by atoms with Gasteiger partial charge < -0.3 is 10.1 Å². The molecule has 16 heavy (non-hydrogen) atoms. The summed E-state index contributed by atoms with van der Waals surface area (Å²) in [6, 6.07) is 0. The van der Waals surface area contributed by atoms with Crippen molar-refractivity contribution in [2.24, 2.45) is 11.8 Å². The van der Waals surface area contributed by atoms with E-state index in [0.29, 0.717) is 12.4 Å². The van der Waals surface area contributed by atoms with Crippen LogP contribution in [0.4, 0.5) is 0 Å². The van der Waals surface area contributed by atoms with E-state index >= 15 is 0 Å². The minimum absolute atomic E-state index is 0.00186. The molecule has 4 unspecified atom stereocenters. The fourth-order valence-electron chi connectivity index (χ4n) is 2.14. The van der Waals surface area contributed by atoms with Gasteiger partial charge in [0.15, 0.2) is 0 Å². The zero-order chi connectivity index (χ0) is 12.1. The average Bonchev–Trinajstić information content (AvgIpc) is 2.48. The van der Waals surface area contributed by atoms with E-state index in [-0.39, 0.29) is 30.0 Å². The summed E-state index contributed by atoms with van der Waals surface area (Å²) < 4.78 is 5.63. The molecule has 0 aliphatic carbocycles. The van der Waals surface area contributed by atoms with Gasteiger partial charge in [-0.2, -0.15) is 0 Å². The molecule has 0 aromatic heterocycles.